The second-order valence-electron chi connectivity index (χ2n) is 4.11. The molecule has 0 bridgehead atoms. The van der Waals surface area contributed by atoms with Gasteiger partial charge in [-0.05, 0) is 35.5 Å². The molecule has 18 heavy (non-hydrogen) atoms. The number of hydrogen-bond donors (Lipinski definition) is 2. The van der Waals surface area contributed by atoms with E-state index in [2.05, 4.69) is 63.4 Å². The molecule has 2 atom stereocenters. The molecule has 102 valence electrons. The number of hydrogen-bond acceptors (Lipinski definition) is 4. The van der Waals surface area contributed by atoms with Crippen molar-refractivity contribution >= 4 is 48.8 Å². The van der Waals surface area contributed by atoms with Crippen LogP contribution in [0, 0.1) is 0 Å². The summed E-state index contributed by atoms with van der Waals surface area (Å²) in [5, 5.41) is 0. The van der Waals surface area contributed by atoms with Gasteiger partial charge in [-0.3, -0.25) is 0 Å². The molecule has 0 aliphatic heterocycles. The highest BCUT2D eigenvalue weighted by Crippen LogP contribution is 2.36. The third kappa shape index (κ3) is 5.72. The highest BCUT2D eigenvalue weighted by atomic mass is 32.2. The summed E-state index contributed by atoms with van der Waals surface area (Å²) in [6.07, 6.45) is 2.40. The minimum absolute atomic E-state index is 0.292. The standard InChI is InChI=1S/C14H22S4/c1-3-9-17-13(15)11-5-7-12(8-6-11)14(16)18-10-4-2/h5-8,13-16H,3-4,9-10H2,1-2H3. The first kappa shape index (κ1) is 16.7. The highest BCUT2D eigenvalue weighted by Gasteiger charge is 2.09. The minimum Gasteiger partial charge on any atom is -0.160 e. The van der Waals surface area contributed by atoms with Crippen molar-refractivity contribution in [3.8, 4) is 0 Å². The fourth-order valence-electron chi connectivity index (χ4n) is 1.48. The van der Waals surface area contributed by atoms with E-state index >= 15 is 0 Å². The summed E-state index contributed by atoms with van der Waals surface area (Å²) in [6.45, 7) is 4.40. The maximum absolute atomic E-state index is 4.63. The monoisotopic (exact) mass is 318 g/mol. The Hall–Kier alpha value is 0.620. The van der Waals surface area contributed by atoms with Crippen LogP contribution in [-0.4, -0.2) is 11.5 Å². The molecule has 0 aliphatic rings. The number of benzene rings is 1. The Morgan fingerprint density at radius 2 is 1.17 bits per heavy atom. The summed E-state index contributed by atoms with van der Waals surface area (Å²) >= 11 is 13.1. The van der Waals surface area contributed by atoms with Crippen molar-refractivity contribution in [3.63, 3.8) is 0 Å². The molecular weight excluding hydrogens is 296 g/mol. The molecule has 0 N–H and O–H groups in total. The zero-order chi connectivity index (χ0) is 13.4. The van der Waals surface area contributed by atoms with Gasteiger partial charge in [-0.1, -0.05) is 38.1 Å². The van der Waals surface area contributed by atoms with Crippen LogP contribution in [0.4, 0.5) is 0 Å². The molecule has 0 fully saturated rings. The molecule has 4 heteroatoms. The van der Waals surface area contributed by atoms with Gasteiger partial charge in [-0.15, -0.1) is 23.5 Å². The first-order valence-electron chi connectivity index (χ1n) is 6.38. The van der Waals surface area contributed by atoms with Crippen molar-refractivity contribution in [2.75, 3.05) is 11.5 Å². The van der Waals surface area contributed by atoms with Crippen molar-refractivity contribution < 1.29 is 0 Å². The van der Waals surface area contributed by atoms with Gasteiger partial charge in [-0.2, -0.15) is 25.3 Å². The first-order chi connectivity index (χ1) is 8.69. The van der Waals surface area contributed by atoms with Crippen molar-refractivity contribution in [3.05, 3.63) is 35.4 Å². The third-order valence-corrected chi connectivity index (χ3v) is 6.42. The van der Waals surface area contributed by atoms with Gasteiger partial charge >= 0.3 is 0 Å². The number of rotatable bonds is 8. The molecule has 0 heterocycles. The summed E-state index contributed by atoms with van der Waals surface area (Å²) in [6, 6.07) is 8.74. The molecule has 1 aromatic rings. The van der Waals surface area contributed by atoms with E-state index in [1.54, 1.807) is 0 Å². The van der Waals surface area contributed by atoms with Crippen LogP contribution in [0.2, 0.25) is 0 Å². The Morgan fingerprint density at radius 3 is 1.44 bits per heavy atom. The van der Waals surface area contributed by atoms with Crippen molar-refractivity contribution in [1.29, 1.82) is 0 Å². The van der Waals surface area contributed by atoms with Gasteiger partial charge in [0, 0.05) is 0 Å². The largest absolute Gasteiger partial charge is 0.160 e. The van der Waals surface area contributed by atoms with Crippen LogP contribution in [-0.2, 0) is 0 Å². The molecule has 0 amide bonds. The van der Waals surface area contributed by atoms with Crippen LogP contribution in [0.15, 0.2) is 24.3 Å². The molecule has 0 aromatic heterocycles. The molecule has 1 aromatic carbocycles. The zero-order valence-corrected chi connectivity index (χ0v) is 14.4. The summed E-state index contributed by atoms with van der Waals surface area (Å²) in [7, 11) is 0. The smallest absolute Gasteiger partial charge is 0.0721 e. The van der Waals surface area contributed by atoms with Gasteiger partial charge in [-0.25, -0.2) is 0 Å². The first-order valence-corrected chi connectivity index (χ1v) is 9.51. The van der Waals surface area contributed by atoms with Crippen LogP contribution in [0.1, 0.15) is 47.0 Å². The molecule has 0 radical (unpaired) electrons. The molecule has 0 aliphatic carbocycles. The van der Waals surface area contributed by atoms with Crippen LogP contribution >= 0.6 is 48.8 Å². The van der Waals surface area contributed by atoms with Gasteiger partial charge in [0.2, 0.25) is 0 Å². The predicted molar refractivity (Wildman–Crippen MR) is 95.4 cm³/mol. The SMILES string of the molecule is CCCSC(S)c1ccc(C(S)SCCC)cc1. The lowest BCUT2D eigenvalue weighted by atomic mass is 10.2. The van der Waals surface area contributed by atoms with E-state index in [1.165, 1.54) is 24.0 Å². The Labute approximate surface area is 131 Å². The van der Waals surface area contributed by atoms with E-state index in [4.69, 9.17) is 0 Å². The van der Waals surface area contributed by atoms with Crippen LogP contribution in [0.25, 0.3) is 0 Å². The Bertz CT molecular complexity index is 290. The van der Waals surface area contributed by atoms with Crippen LogP contribution < -0.4 is 0 Å². The molecule has 0 spiro atoms. The molecular formula is C14H22S4. The molecule has 0 saturated carbocycles. The van der Waals surface area contributed by atoms with E-state index < -0.39 is 0 Å². The van der Waals surface area contributed by atoms with Crippen molar-refractivity contribution in [1.82, 2.24) is 0 Å². The zero-order valence-electron chi connectivity index (χ0n) is 11.0. The normalized spacial score (nSPS) is 14.4. The van der Waals surface area contributed by atoms with E-state index in [-0.39, 0.29) is 0 Å². The van der Waals surface area contributed by atoms with E-state index in [0.717, 1.165) is 11.5 Å². The minimum atomic E-state index is 0.292. The second-order valence-corrected chi connectivity index (χ2v) is 8.27. The van der Waals surface area contributed by atoms with Gasteiger partial charge in [0.1, 0.15) is 0 Å². The lowest BCUT2D eigenvalue weighted by molar-refractivity contribution is 1.10. The van der Waals surface area contributed by atoms with Gasteiger partial charge < -0.3 is 0 Å². The van der Waals surface area contributed by atoms with Gasteiger partial charge in [0.25, 0.3) is 0 Å². The third-order valence-electron chi connectivity index (χ3n) is 2.47. The topological polar surface area (TPSA) is 0 Å². The van der Waals surface area contributed by atoms with Crippen molar-refractivity contribution in [2.45, 2.75) is 35.9 Å². The summed E-state index contributed by atoms with van der Waals surface area (Å²) in [5.41, 5.74) is 2.59. The summed E-state index contributed by atoms with van der Waals surface area (Å²) in [4.78, 5) is 0. The molecule has 2 unspecified atom stereocenters. The Morgan fingerprint density at radius 1 is 0.833 bits per heavy atom. The van der Waals surface area contributed by atoms with E-state index in [0.29, 0.717) is 9.16 Å². The fraction of sp³-hybridized carbons (Fsp3) is 0.571. The van der Waals surface area contributed by atoms with Crippen LogP contribution in [0.5, 0.6) is 0 Å². The Kier molecular flexibility index (Phi) is 8.81. The second kappa shape index (κ2) is 9.51. The lowest BCUT2D eigenvalue weighted by Crippen LogP contribution is -1.91. The predicted octanol–water partition coefficient (Wildman–Crippen LogP) is 5.83. The quantitative estimate of drug-likeness (QED) is 0.457. The maximum atomic E-state index is 4.63. The fourth-order valence-corrected chi connectivity index (χ4v) is 4.07. The van der Waals surface area contributed by atoms with Gasteiger partial charge in [0.05, 0.1) is 9.16 Å². The highest BCUT2D eigenvalue weighted by molar-refractivity contribution is 8.10. The van der Waals surface area contributed by atoms with Crippen molar-refractivity contribution in [2.24, 2.45) is 0 Å². The maximum Gasteiger partial charge on any atom is 0.0721 e. The number of thiol groups is 2. The van der Waals surface area contributed by atoms with Crippen LogP contribution in [0.3, 0.4) is 0 Å². The summed E-state index contributed by atoms with van der Waals surface area (Å²) in [5.74, 6) is 2.33. The number of thioether (sulfide) groups is 2. The Balaban J connectivity index is 2.56. The molecule has 0 saturated heterocycles. The average molecular weight is 319 g/mol. The summed E-state index contributed by atoms with van der Waals surface area (Å²) < 4.78 is 0.585. The molecule has 1 rings (SSSR count). The van der Waals surface area contributed by atoms with E-state index in [9.17, 15) is 0 Å². The average Bonchev–Trinajstić information content (AvgIpc) is 2.42. The lowest BCUT2D eigenvalue weighted by Gasteiger charge is -2.13. The van der Waals surface area contributed by atoms with E-state index in [1.807, 2.05) is 23.5 Å². The van der Waals surface area contributed by atoms with Gasteiger partial charge in [0.15, 0.2) is 0 Å². The molecule has 0 nitrogen and oxygen atoms in total.